The SMILES string of the molecule is O=C(NC1(C(=O)O)CCC1)c1c(I)c(Cl)c2ccccc2c1OCCOc1ccccc1. The molecular weight excluding hydrogens is 545 g/mol. The van der Waals surface area contributed by atoms with Crippen molar-refractivity contribution in [1.82, 2.24) is 5.32 Å². The molecule has 3 aromatic carbocycles. The molecule has 1 amide bonds. The number of para-hydroxylation sites is 1. The van der Waals surface area contributed by atoms with Crippen molar-refractivity contribution < 1.29 is 24.2 Å². The maximum absolute atomic E-state index is 13.3. The molecule has 4 rings (SSSR count). The van der Waals surface area contributed by atoms with Gasteiger partial charge in [-0.05, 0) is 54.0 Å². The normalized spacial score (nSPS) is 14.4. The van der Waals surface area contributed by atoms with E-state index in [2.05, 4.69) is 5.32 Å². The number of hydrogen-bond donors (Lipinski definition) is 2. The Morgan fingerprint density at radius 1 is 1.00 bits per heavy atom. The van der Waals surface area contributed by atoms with Crippen LogP contribution >= 0.6 is 34.2 Å². The molecule has 0 aliphatic heterocycles. The Morgan fingerprint density at radius 2 is 1.62 bits per heavy atom. The number of halogens is 2. The van der Waals surface area contributed by atoms with Gasteiger partial charge in [0, 0.05) is 14.3 Å². The first-order valence-electron chi connectivity index (χ1n) is 10.2. The first-order valence-corrected chi connectivity index (χ1v) is 11.6. The average molecular weight is 566 g/mol. The molecule has 0 aromatic heterocycles. The summed E-state index contributed by atoms with van der Waals surface area (Å²) in [5.41, 5.74) is -1.01. The maximum atomic E-state index is 13.3. The average Bonchev–Trinajstić information content (AvgIpc) is 2.77. The fourth-order valence-corrected chi connectivity index (χ4v) is 4.75. The molecule has 6 nitrogen and oxygen atoms in total. The van der Waals surface area contributed by atoms with Gasteiger partial charge in [0.25, 0.3) is 5.91 Å². The topological polar surface area (TPSA) is 84.9 Å². The highest BCUT2D eigenvalue weighted by atomic mass is 127. The fraction of sp³-hybridized carbons (Fsp3) is 0.250. The summed E-state index contributed by atoms with van der Waals surface area (Å²) in [7, 11) is 0. The molecule has 8 heteroatoms. The van der Waals surface area contributed by atoms with Crippen molar-refractivity contribution in [1.29, 1.82) is 0 Å². The highest BCUT2D eigenvalue weighted by Gasteiger charge is 2.46. The van der Waals surface area contributed by atoms with E-state index in [1.54, 1.807) is 0 Å². The van der Waals surface area contributed by atoms with Crippen LogP contribution in [0.3, 0.4) is 0 Å². The van der Waals surface area contributed by atoms with Gasteiger partial charge >= 0.3 is 5.97 Å². The van der Waals surface area contributed by atoms with Crippen molar-refractivity contribution in [3.05, 3.63) is 68.8 Å². The van der Waals surface area contributed by atoms with Crippen LogP contribution in [-0.4, -0.2) is 35.7 Å². The number of amides is 1. The number of benzene rings is 3. The third kappa shape index (κ3) is 4.36. The van der Waals surface area contributed by atoms with Gasteiger partial charge in [0.1, 0.15) is 30.3 Å². The monoisotopic (exact) mass is 565 g/mol. The molecule has 0 spiro atoms. The van der Waals surface area contributed by atoms with E-state index < -0.39 is 17.4 Å². The molecule has 0 radical (unpaired) electrons. The molecule has 1 fully saturated rings. The van der Waals surface area contributed by atoms with Crippen molar-refractivity contribution in [2.75, 3.05) is 13.2 Å². The number of carboxylic acids is 1. The van der Waals surface area contributed by atoms with Crippen LogP contribution in [0.4, 0.5) is 0 Å². The zero-order valence-corrected chi connectivity index (χ0v) is 20.0. The summed E-state index contributed by atoms with van der Waals surface area (Å²) in [6.45, 7) is 0.471. The number of fused-ring (bicyclic) bond motifs is 1. The maximum Gasteiger partial charge on any atom is 0.329 e. The van der Waals surface area contributed by atoms with Crippen molar-refractivity contribution >= 4 is 56.8 Å². The number of aliphatic carboxylic acids is 1. The second-order valence-corrected chi connectivity index (χ2v) is 9.04. The number of carboxylic acid groups (broad SMARTS) is 1. The minimum atomic E-state index is -1.24. The second-order valence-electron chi connectivity index (χ2n) is 7.58. The Labute approximate surface area is 204 Å². The molecule has 1 aliphatic carbocycles. The van der Waals surface area contributed by atoms with Gasteiger partial charge < -0.3 is 19.9 Å². The number of hydrogen-bond acceptors (Lipinski definition) is 4. The van der Waals surface area contributed by atoms with Crippen LogP contribution in [0.25, 0.3) is 10.8 Å². The lowest BCUT2D eigenvalue weighted by molar-refractivity contribution is -0.148. The van der Waals surface area contributed by atoms with E-state index in [1.165, 1.54) is 0 Å². The van der Waals surface area contributed by atoms with Gasteiger partial charge in [-0.3, -0.25) is 4.79 Å². The molecule has 0 saturated heterocycles. The zero-order valence-electron chi connectivity index (χ0n) is 17.1. The van der Waals surface area contributed by atoms with Gasteiger partial charge in [0.05, 0.1) is 10.6 Å². The lowest BCUT2D eigenvalue weighted by atomic mass is 9.76. The van der Waals surface area contributed by atoms with E-state index in [0.717, 1.165) is 17.6 Å². The van der Waals surface area contributed by atoms with E-state index in [9.17, 15) is 14.7 Å². The number of ether oxygens (including phenoxy) is 2. The van der Waals surface area contributed by atoms with Gasteiger partial charge in [-0.25, -0.2) is 4.79 Å². The molecule has 0 atom stereocenters. The fourth-order valence-electron chi connectivity index (χ4n) is 3.71. The first kappa shape index (κ1) is 22.7. The Morgan fingerprint density at radius 3 is 2.25 bits per heavy atom. The summed E-state index contributed by atoms with van der Waals surface area (Å²) in [5.74, 6) is -0.456. The molecule has 1 aliphatic rings. The number of carbonyl (C=O) groups is 2. The highest BCUT2D eigenvalue weighted by molar-refractivity contribution is 14.1. The van der Waals surface area contributed by atoms with Gasteiger partial charge in [0.15, 0.2) is 0 Å². The largest absolute Gasteiger partial charge is 0.490 e. The molecule has 0 bridgehead atoms. The summed E-state index contributed by atoms with van der Waals surface area (Å²) >= 11 is 8.60. The molecule has 2 N–H and O–H groups in total. The van der Waals surface area contributed by atoms with E-state index in [4.69, 9.17) is 21.1 Å². The Kier molecular flexibility index (Phi) is 6.76. The Balaban J connectivity index is 1.65. The van der Waals surface area contributed by atoms with Crippen molar-refractivity contribution in [2.45, 2.75) is 24.8 Å². The molecule has 1 saturated carbocycles. The zero-order chi connectivity index (χ0) is 22.7. The van der Waals surface area contributed by atoms with Crippen LogP contribution in [-0.2, 0) is 4.79 Å². The summed E-state index contributed by atoms with van der Waals surface area (Å²) in [6.07, 6.45) is 1.54. The molecule has 166 valence electrons. The van der Waals surface area contributed by atoms with E-state index in [-0.39, 0.29) is 18.8 Å². The predicted octanol–water partition coefficient (Wildman–Crippen LogP) is 5.29. The van der Waals surface area contributed by atoms with Gasteiger partial charge in [-0.15, -0.1) is 0 Å². The van der Waals surface area contributed by atoms with E-state index >= 15 is 0 Å². The number of rotatable bonds is 8. The van der Waals surface area contributed by atoms with Crippen molar-refractivity contribution in [3.8, 4) is 11.5 Å². The first-order chi connectivity index (χ1) is 15.4. The van der Waals surface area contributed by atoms with Crippen molar-refractivity contribution in [2.24, 2.45) is 0 Å². The van der Waals surface area contributed by atoms with Crippen LogP contribution in [0.1, 0.15) is 29.6 Å². The summed E-state index contributed by atoms with van der Waals surface area (Å²) in [4.78, 5) is 25.1. The highest BCUT2D eigenvalue weighted by Crippen LogP contribution is 2.41. The van der Waals surface area contributed by atoms with Crippen LogP contribution < -0.4 is 14.8 Å². The van der Waals surface area contributed by atoms with Crippen molar-refractivity contribution in [3.63, 3.8) is 0 Å². The minimum absolute atomic E-state index is 0.195. The molecule has 0 heterocycles. The summed E-state index contributed by atoms with van der Waals surface area (Å²) < 4.78 is 12.3. The van der Waals surface area contributed by atoms with Gasteiger partial charge in [0.2, 0.25) is 0 Å². The number of nitrogens with one attached hydrogen (secondary N) is 1. The van der Waals surface area contributed by atoms with Crippen LogP contribution in [0, 0.1) is 3.57 Å². The Bertz CT molecular complexity index is 1160. The third-order valence-electron chi connectivity index (χ3n) is 5.59. The molecule has 0 unspecified atom stereocenters. The van der Waals surface area contributed by atoms with Crippen LogP contribution in [0.15, 0.2) is 54.6 Å². The lowest BCUT2D eigenvalue weighted by Crippen LogP contribution is -2.59. The van der Waals surface area contributed by atoms with Crippen LogP contribution in [0.2, 0.25) is 5.02 Å². The molecule has 3 aromatic rings. The van der Waals surface area contributed by atoms with Gasteiger partial charge in [-0.1, -0.05) is 54.1 Å². The second kappa shape index (κ2) is 9.54. The molecule has 32 heavy (non-hydrogen) atoms. The van der Waals surface area contributed by atoms with E-state index in [0.29, 0.717) is 32.6 Å². The Hall–Kier alpha value is -2.52. The van der Waals surface area contributed by atoms with Crippen LogP contribution in [0.5, 0.6) is 11.5 Å². The van der Waals surface area contributed by atoms with Gasteiger partial charge in [-0.2, -0.15) is 0 Å². The summed E-state index contributed by atoms with van der Waals surface area (Å²) in [6, 6.07) is 16.8. The smallest absolute Gasteiger partial charge is 0.329 e. The minimum Gasteiger partial charge on any atom is -0.490 e. The summed E-state index contributed by atoms with van der Waals surface area (Å²) in [5, 5.41) is 14.2. The lowest BCUT2D eigenvalue weighted by Gasteiger charge is -2.38. The number of carbonyl (C=O) groups excluding carboxylic acids is 1. The quantitative estimate of drug-likeness (QED) is 0.286. The third-order valence-corrected chi connectivity index (χ3v) is 7.38. The standard InChI is InChI=1S/C24H21ClINO5/c25-19-16-9-4-5-10-17(16)21(32-14-13-31-15-7-2-1-3-8-15)18(20(19)26)22(28)27-24(23(29)30)11-6-12-24/h1-5,7-10H,6,11-14H2,(H,27,28)(H,29,30). The predicted molar refractivity (Wildman–Crippen MR) is 131 cm³/mol. The molecular formula is C24H21ClINO5. The van der Waals surface area contributed by atoms with E-state index in [1.807, 2.05) is 77.2 Å².